The van der Waals surface area contributed by atoms with Gasteiger partial charge in [0.15, 0.2) is 0 Å². The Morgan fingerprint density at radius 3 is 2.57 bits per heavy atom. The molecule has 2 aromatic heterocycles. The molecular formula is C19H18F2N4O4S. The standard InChI is InChI=1S/C19H18F2N4O4S/c1-29-18-16(10-4-2-3-5-10)17-15(8-23-18)24-19(26)25(17)9-12-13(20)6-11(7-14(12)21)30(22,27)28/h4,6-8H,2-3,5,9H2,1H3,(H,24,26)(H2,22,27,28). The molecule has 158 valence electrons. The molecule has 1 aliphatic rings. The largest absolute Gasteiger partial charge is 0.480 e. The van der Waals surface area contributed by atoms with Crippen LogP contribution in [0.25, 0.3) is 16.6 Å². The third kappa shape index (κ3) is 3.39. The quantitative estimate of drug-likeness (QED) is 0.636. The summed E-state index contributed by atoms with van der Waals surface area (Å²) in [6.07, 6.45) is 5.98. The number of allylic oxidation sites excluding steroid dienone is 2. The zero-order valence-corrected chi connectivity index (χ0v) is 16.7. The van der Waals surface area contributed by atoms with Gasteiger partial charge in [-0.25, -0.2) is 32.1 Å². The Morgan fingerprint density at radius 2 is 2.00 bits per heavy atom. The molecule has 0 amide bonds. The van der Waals surface area contributed by atoms with Gasteiger partial charge in [-0.1, -0.05) is 6.08 Å². The van der Waals surface area contributed by atoms with Crippen LogP contribution in [-0.4, -0.2) is 30.1 Å². The van der Waals surface area contributed by atoms with E-state index in [9.17, 15) is 22.0 Å². The summed E-state index contributed by atoms with van der Waals surface area (Å²) in [7, 11) is -2.83. The fraction of sp³-hybridized carbons (Fsp3) is 0.263. The van der Waals surface area contributed by atoms with Crippen molar-refractivity contribution in [2.45, 2.75) is 30.7 Å². The van der Waals surface area contributed by atoms with Crippen molar-refractivity contribution in [1.82, 2.24) is 14.5 Å². The number of H-pyrrole nitrogens is 1. The summed E-state index contributed by atoms with van der Waals surface area (Å²) in [6.45, 7) is -0.463. The molecule has 30 heavy (non-hydrogen) atoms. The summed E-state index contributed by atoms with van der Waals surface area (Å²) in [6, 6.07) is 1.27. The molecule has 0 spiro atoms. The number of pyridine rings is 1. The van der Waals surface area contributed by atoms with Crippen molar-refractivity contribution < 1.29 is 21.9 Å². The first kappa shape index (κ1) is 20.2. The molecule has 1 aliphatic carbocycles. The van der Waals surface area contributed by atoms with Gasteiger partial charge in [-0.15, -0.1) is 0 Å². The molecule has 0 fully saturated rings. The number of aromatic amines is 1. The number of fused-ring (bicyclic) bond motifs is 1. The smallest absolute Gasteiger partial charge is 0.326 e. The van der Waals surface area contributed by atoms with E-state index in [1.54, 1.807) is 0 Å². The van der Waals surface area contributed by atoms with Gasteiger partial charge in [-0.2, -0.15) is 0 Å². The van der Waals surface area contributed by atoms with Crippen LogP contribution in [-0.2, 0) is 16.6 Å². The van der Waals surface area contributed by atoms with Crippen molar-refractivity contribution in [2.75, 3.05) is 7.11 Å². The molecule has 0 aliphatic heterocycles. The Balaban J connectivity index is 1.93. The van der Waals surface area contributed by atoms with E-state index in [4.69, 9.17) is 9.88 Å². The maximum atomic E-state index is 14.6. The molecule has 8 nitrogen and oxygen atoms in total. The van der Waals surface area contributed by atoms with Gasteiger partial charge in [0.25, 0.3) is 0 Å². The fourth-order valence-corrected chi connectivity index (χ4v) is 4.22. The average Bonchev–Trinajstić information content (AvgIpc) is 3.31. The van der Waals surface area contributed by atoms with E-state index in [1.807, 2.05) is 6.08 Å². The lowest BCUT2D eigenvalue weighted by molar-refractivity contribution is 0.397. The Hall–Kier alpha value is -3.05. The predicted molar refractivity (Wildman–Crippen MR) is 106 cm³/mol. The number of ether oxygens (including phenoxy) is 1. The fourth-order valence-electron chi connectivity index (χ4n) is 3.69. The van der Waals surface area contributed by atoms with Crippen molar-refractivity contribution in [2.24, 2.45) is 5.14 Å². The SMILES string of the molecule is COc1ncc2[nH]c(=O)n(Cc3c(F)cc(S(N)(=O)=O)cc3F)c2c1C1=CCCC1. The first-order valence-corrected chi connectivity index (χ1v) is 10.6. The van der Waals surface area contributed by atoms with Crippen LogP contribution in [0.1, 0.15) is 30.4 Å². The topological polar surface area (TPSA) is 120 Å². The van der Waals surface area contributed by atoms with Gasteiger partial charge in [0.2, 0.25) is 15.9 Å². The Bertz CT molecular complexity index is 1340. The Kier molecular flexibility index (Phi) is 4.94. The predicted octanol–water partition coefficient (Wildman–Crippen LogP) is 2.27. The first-order chi connectivity index (χ1) is 14.2. The van der Waals surface area contributed by atoms with Crippen LogP contribution in [0, 0.1) is 11.6 Å². The van der Waals surface area contributed by atoms with Crippen molar-refractivity contribution in [3.8, 4) is 5.88 Å². The first-order valence-electron chi connectivity index (χ1n) is 9.06. The number of aromatic nitrogens is 3. The average molecular weight is 436 g/mol. The number of nitrogens with two attached hydrogens (primary N) is 1. The lowest BCUT2D eigenvalue weighted by atomic mass is 10.0. The van der Waals surface area contributed by atoms with E-state index < -0.39 is 44.4 Å². The van der Waals surface area contributed by atoms with E-state index in [0.29, 0.717) is 34.6 Å². The minimum atomic E-state index is -4.28. The van der Waals surface area contributed by atoms with Crippen molar-refractivity contribution in [3.05, 3.63) is 57.7 Å². The van der Waals surface area contributed by atoms with Crippen molar-refractivity contribution in [1.29, 1.82) is 0 Å². The van der Waals surface area contributed by atoms with Gasteiger partial charge in [0.1, 0.15) is 11.6 Å². The highest BCUT2D eigenvalue weighted by Crippen LogP contribution is 2.37. The summed E-state index contributed by atoms with van der Waals surface area (Å²) in [5.74, 6) is -1.94. The molecule has 0 atom stereocenters. The highest BCUT2D eigenvalue weighted by Gasteiger charge is 2.24. The molecule has 0 bridgehead atoms. The van der Waals surface area contributed by atoms with Gasteiger partial charge in [0.05, 0.1) is 41.3 Å². The second-order valence-corrected chi connectivity index (χ2v) is 8.51. The van der Waals surface area contributed by atoms with Gasteiger partial charge >= 0.3 is 5.69 Å². The molecule has 3 aromatic rings. The Labute approximate surface area is 170 Å². The molecule has 11 heteroatoms. The maximum absolute atomic E-state index is 14.6. The number of primary sulfonamides is 1. The third-order valence-corrected chi connectivity index (χ3v) is 5.98. The zero-order valence-electron chi connectivity index (χ0n) is 15.9. The molecule has 0 saturated heterocycles. The van der Waals surface area contributed by atoms with Crippen LogP contribution < -0.4 is 15.6 Å². The summed E-state index contributed by atoms with van der Waals surface area (Å²) in [5, 5.41) is 4.95. The number of nitrogens with zero attached hydrogens (tertiary/aromatic N) is 2. The monoisotopic (exact) mass is 436 g/mol. The molecule has 3 N–H and O–H groups in total. The van der Waals surface area contributed by atoms with Gasteiger partial charge < -0.3 is 9.72 Å². The molecule has 1 aromatic carbocycles. The van der Waals surface area contributed by atoms with Gasteiger partial charge in [0, 0.05) is 5.56 Å². The molecule has 0 unspecified atom stereocenters. The minimum Gasteiger partial charge on any atom is -0.480 e. The molecule has 0 radical (unpaired) electrons. The van der Waals surface area contributed by atoms with Crippen LogP contribution >= 0.6 is 0 Å². The number of rotatable bonds is 5. The number of sulfonamides is 1. The van der Waals surface area contributed by atoms with E-state index >= 15 is 0 Å². The summed E-state index contributed by atoms with van der Waals surface area (Å²) < 4.78 is 58.5. The Morgan fingerprint density at radius 1 is 1.30 bits per heavy atom. The second-order valence-electron chi connectivity index (χ2n) is 6.95. The number of nitrogens with one attached hydrogen (secondary N) is 1. The van der Waals surface area contributed by atoms with Gasteiger partial charge in [-0.3, -0.25) is 4.57 Å². The van der Waals surface area contributed by atoms with E-state index in [1.165, 1.54) is 17.9 Å². The number of benzene rings is 1. The second kappa shape index (κ2) is 7.33. The summed E-state index contributed by atoms with van der Waals surface area (Å²) >= 11 is 0. The van der Waals surface area contributed by atoms with Crippen molar-refractivity contribution >= 4 is 26.6 Å². The maximum Gasteiger partial charge on any atom is 0.326 e. The van der Waals surface area contributed by atoms with Crippen LogP contribution in [0.15, 0.2) is 34.1 Å². The summed E-state index contributed by atoms with van der Waals surface area (Å²) in [4.78, 5) is 18.8. The number of imidazole rings is 1. The molecule has 4 rings (SSSR count). The number of hydrogen-bond donors (Lipinski definition) is 2. The minimum absolute atomic E-state index is 0.300. The van der Waals surface area contributed by atoms with E-state index in [0.717, 1.165) is 24.8 Å². The normalized spacial score (nSPS) is 14.3. The van der Waals surface area contributed by atoms with E-state index in [2.05, 4.69) is 9.97 Å². The van der Waals surface area contributed by atoms with Crippen LogP contribution in [0.4, 0.5) is 8.78 Å². The van der Waals surface area contributed by atoms with Crippen LogP contribution in [0.3, 0.4) is 0 Å². The number of hydrogen-bond acceptors (Lipinski definition) is 5. The lowest BCUT2D eigenvalue weighted by Gasteiger charge is -2.13. The molecule has 0 saturated carbocycles. The number of halogens is 2. The van der Waals surface area contributed by atoms with Crippen molar-refractivity contribution in [3.63, 3.8) is 0 Å². The highest BCUT2D eigenvalue weighted by atomic mass is 32.2. The highest BCUT2D eigenvalue weighted by molar-refractivity contribution is 7.89. The van der Waals surface area contributed by atoms with Gasteiger partial charge in [-0.05, 0) is 37.0 Å². The molecule has 2 heterocycles. The summed E-state index contributed by atoms with van der Waals surface area (Å²) in [5.41, 5.74) is 1.28. The van der Waals surface area contributed by atoms with Crippen LogP contribution in [0.5, 0.6) is 5.88 Å². The zero-order chi connectivity index (χ0) is 21.6. The molecular weight excluding hydrogens is 418 g/mol. The van der Waals surface area contributed by atoms with Crippen LogP contribution in [0.2, 0.25) is 0 Å². The number of methoxy groups -OCH3 is 1. The third-order valence-electron chi connectivity index (χ3n) is 5.09. The lowest BCUT2D eigenvalue weighted by Crippen LogP contribution is -2.20. The van der Waals surface area contributed by atoms with E-state index in [-0.39, 0.29) is 0 Å².